The van der Waals surface area contributed by atoms with Crippen molar-refractivity contribution in [3.8, 4) is 11.5 Å². The second-order valence-corrected chi connectivity index (χ2v) is 10.9. The van der Waals surface area contributed by atoms with E-state index >= 15 is 0 Å². The summed E-state index contributed by atoms with van der Waals surface area (Å²) in [6.07, 6.45) is 1.77. The largest absolute Gasteiger partial charge is 0.497 e. The van der Waals surface area contributed by atoms with Gasteiger partial charge in [-0.1, -0.05) is 48.5 Å². The van der Waals surface area contributed by atoms with Crippen LogP contribution in [0.25, 0.3) is 0 Å². The van der Waals surface area contributed by atoms with Gasteiger partial charge in [0.25, 0.3) is 5.91 Å². The van der Waals surface area contributed by atoms with E-state index in [-0.39, 0.29) is 17.4 Å². The predicted octanol–water partition coefficient (Wildman–Crippen LogP) is 4.63. The molecule has 8 heteroatoms. The van der Waals surface area contributed by atoms with Gasteiger partial charge in [0, 0.05) is 25.7 Å². The van der Waals surface area contributed by atoms with Crippen LogP contribution in [0.5, 0.6) is 11.5 Å². The first kappa shape index (κ1) is 26.7. The number of methoxy groups -OCH3 is 1. The normalized spacial score (nSPS) is 17.7. The van der Waals surface area contributed by atoms with Gasteiger partial charge in [0.15, 0.2) is 0 Å². The van der Waals surface area contributed by atoms with Crippen LogP contribution in [0.4, 0.5) is 0 Å². The number of hydrogen-bond acceptors (Lipinski definition) is 5. The molecule has 1 heterocycles. The van der Waals surface area contributed by atoms with Crippen LogP contribution in [0.2, 0.25) is 0 Å². The summed E-state index contributed by atoms with van der Waals surface area (Å²) >= 11 is 0. The monoisotopic (exact) mass is 522 g/mol. The highest BCUT2D eigenvalue weighted by Crippen LogP contribution is 2.27. The fourth-order valence-corrected chi connectivity index (χ4v) is 6.31. The number of carbonyl (C=O) groups excluding carboxylic acids is 1. The first-order valence-corrected chi connectivity index (χ1v) is 14.1. The molecule has 0 radical (unpaired) electrons. The zero-order valence-electron chi connectivity index (χ0n) is 21.4. The zero-order chi connectivity index (χ0) is 26.3. The van der Waals surface area contributed by atoms with E-state index in [1.807, 2.05) is 49.4 Å². The highest BCUT2D eigenvalue weighted by molar-refractivity contribution is 7.89. The lowest BCUT2D eigenvalue weighted by Gasteiger charge is -2.32. The summed E-state index contributed by atoms with van der Waals surface area (Å²) < 4.78 is 41.2. The Morgan fingerprint density at radius 2 is 1.68 bits per heavy atom. The number of benzene rings is 3. The molecule has 37 heavy (non-hydrogen) atoms. The summed E-state index contributed by atoms with van der Waals surface area (Å²) in [6, 6.07) is 23.1. The molecule has 196 valence electrons. The summed E-state index contributed by atoms with van der Waals surface area (Å²) in [5.74, 6) is 0.875. The molecular formula is C29H34N2O5S. The van der Waals surface area contributed by atoms with Crippen molar-refractivity contribution in [1.82, 2.24) is 9.21 Å². The topological polar surface area (TPSA) is 76.2 Å². The van der Waals surface area contributed by atoms with Gasteiger partial charge in [-0.2, -0.15) is 4.31 Å². The Labute approximate surface area is 219 Å². The molecule has 7 nitrogen and oxygen atoms in total. The van der Waals surface area contributed by atoms with Crippen molar-refractivity contribution in [3.63, 3.8) is 0 Å². The standard InChI is InChI=1S/C29H34N2O5S/c1-3-30-18-9-10-19-31(37(33,34)26-15-11-14-25(21-26)35-2)24(20-23-12-5-4-6-13-23)22-36-28-17-8-7-16-27(28)29(30)32/h4-8,11-17,21,24H,3,9-10,18-20,22H2,1-2H3/t24-/m0/s1. The van der Waals surface area contributed by atoms with Crippen molar-refractivity contribution in [2.24, 2.45) is 0 Å². The second kappa shape index (κ2) is 12.3. The summed E-state index contributed by atoms with van der Waals surface area (Å²) in [4.78, 5) is 15.2. The lowest BCUT2D eigenvalue weighted by Crippen LogP contribution is -2.46. The molecule has 0 aliphatic carbocycles. The van der Waals surface area contributed by atoms with E-state index in [4.69, 9.17) is 9.47 Å². The molecule has 3 aromatic rings. The van der Waals surface area contributed by atoms with E-state index in [9.17, 15) is 13.2 Å². The van der Waals surface area contributed by atoms with Crippen LogP contribution >= 0.6 is 0 Å². The van der Waals surface area contributed by atoms with Gasteiger partial charge in [-0.15, -0.1) is 0 Å². The smallest absolute Gasteiger partial charge is 0.257 e. The van der Waals surface area contributed by atoms with Crippen molar-refractivity contribution in [3.05, 3.63) is 90.0 Å². The van der Waals surface area contributed by atoms with Gasteiger partial charge in [-0.05, 0) is 56.0 Å². The Hall–Kier alpha value is -3.36. The van der Waals surface area contributed by atoms with Gasteiger partial charge in [0.1, 0.15) is 18.1 Å². The fourth-order valence-electron chi connectivity index (χ4n) is 4.63. The van der Waals surface area contributed by atoms with Crippen LogP contribution in [-0.2, 0) is 16.4 Å². The van der Waals surface area contributed by atoms with Gasteiger partial charge in [0.2, 0.25) is 10.0 Å². The van der Waals surface area contributed by atoms with Gasteiger partial charge < -0.3 is 14.4 Å². The van der Waals surface area contributed by atoms with Crippen molar-refractivity contribution in [2.45, 2.75) is 37.1 Å². The number of sulfonamides is 1. The summed E-state index contributed by atoms with van der Waals surface area (Å²) in [5, 5.41) is 0. The third-order valence-electron chi connectivity index (χ3n) is 6.64. The van der Waals surface area contributed by atoms with E-state index in [0.717, 1.165) is 5.56 Å². The summed E-state index contributed by atoms with van der Waals surface area (Å²) in [6.45, 7) is 3.47. The maximum Gasteiger partial charge on any atom is 0.257 e. The SMILES string of the molecule is CCN1CCCCN(S(=O)(=O)c2cccc(OC)c2)[C@@H](Cc2ccccc2)COc2ccccc2C1=O. The van der Waals surface area contributed by atoms with Crippen molar-refractivity contribution < 1.29 is 22.7 Å². The molecular weight excluding hydrogens is 488 g/mol. The molecule has 1 amide bonds. The molecule has 3 aromatic carbocycles. The number of carbonyl (C=O) groups is 1. The lowest BCUT2D eigenvalue weighted by atomic mass is 10.1. The number of nitrogens with zero attached hydrogens (tertiary/aromatic N) is 2. The molecule has 1 aliphatic heterocycles. The third-order valence-corrected chi connectivity index (χ3v) is 8.59. The molecule has 1 aliphatic rings. The van der Waals surface area contributed by atoms with Crippen LogP contribution in [0.15, 0.2) is 83.8 Å². The predicted molar refractivity (Wildman–Crippen MR) is 144 cm³/mol. The average Bonchev–Trinajstić information content (AvgIpc) is 2.93. The van der Waals surface area contributed by atoms with Gasteiger partial charge >= 0.3 is 0 Å². The minimum atomic E-state index is -3.87. The Balaban J connectivity index is 1.76. The summed E-state index contributed by atoms with van der Waals surface area (Å²) in [5.41, 5.74) is 1.50. The van der Waals surface area contributed by atoms with Crippen molar-refractivity contribution >= 4 is 15.9 Å². The molecule has 0 bridgehead atoms. The first-order valence-electron chi connectivity index (χ1n) is 12.6. The van der Waals surface area contributed by atoms with Gasteiger partial charge in [-0.3, -0.25) is 4.79 Å². The van der Waals surface area contributed by atoms with Crippen LogP contribution in [0.1, 0.15) is 35.7 Å². The van der Waals surface area contributed by atoms with Crippen molar-refractivity contribution in [2.75, 3.05) is 33.4 Å². The molecule has 0 fully saturated rings. The first-order chi connectivity index (χ1) is 17.9. The Kier molecular flexibility index (Phi) is 8.84. The molecule has 0 saturated carbocycles. The average molecular weight is 523 g/mol. The van der Waals surface area contributed by atoms with Crippen LogP contribution in [-0.4, -0.2) is 62.9 Å². The molecule has 0 spiro atoms. The Bertz CT molecular complexity index is 1300. The number of amides is 1. The van der Waals surface area contributed by atoms with Crippen LogP contribution in [0, 0.1) is 0 Å². The number of hydrogen-bond donors (Lipinski definition) is 0. The van der Waals surface area contributed by atoms with E-state index < -0.39 is 16.1 Å². The Morgan fingerprint density at radius 3 is 2.43 bits per heavy atom. The second-order valence-electron chi connectivity index (χ2n) is 9.04. The fraction of sp³-hybridized carbons (Fsp3) is 0.345. The minimum absolute atomic E-state index is 0.0702. The van der Waals surface area contributed by atoms with E-state index in [1.165, 1.54) is 7.11 Å². The lowest BCUT2D eigenvalue weighted by molar-refractivity contribution is 0.0750. The molecule has 0 saturated heterocycles. The number of para-hydroxylation sites is 1. The highest BCUT2D eigenvalue weighted by Gasteiger charge is 2.33. The number of fused-ring (bicyclic) bond motifs is 1. The van der Waals surface area contributed by atoms with Crippen LogP contribution in [0.3, 0.4) is 0 Å². The maximum atomic E-state index is 14.0. The zero-order valence-corrected chi connectivity index (χ0v) is 22.2. The van der Waals surface area contributed by atoms with E-state index in [0.29, 0.717) is 56.0 Å². The quantitative estimate of drug-likeness (QED) is 0.472. The van der Waals surface area contributed by atoms with Gasteiger partial charge in [0.05, 0.1) is 23.6 Å². The van der Waals surface area contributed by atoms with E-state index in [2.05, 4.69) is 0 Å². The highest BCUT2D eigenvalue weighted by atomic mass is 32.2. The third kappa shape index (κ3) is 6.32. The Morgan fingerprint density at radius 1 is 0.946 bits per heavy atom. The van der Waals surface area contributed by atoms with Gasteiger partial charge in [-0.25, -0.2) is 8.42 Å². The number of rotatable bonds is 6. The molecule has 0 N–H and O–H groups in total. The van der Waals surface area contributed by atoms with E-state index in [1.54, 1.807) is 45.6 Å². The minimum Gasteiger partial charge on any atom is -0.497 e. The summed E-state index contributed by atoms with van der Waals surface area (Å²) in [7, 11) is -2.35. The molecule has 0 unspecified atom stereocenters. The van der Waals surface area contributed by atoms with Crippen LogP contribution < -0.4 is 9.47 Å². The molecule has 1 atom stereocenters. The van der Waals surface area contributed by atoms with Crippen molar-refractivity contribution in [1.29, 1.82) is 0 Å². The molecule has 4 rings (SSSR count). The maximum absolute atomic E-state index is 14.0. The number of ether oxygens (including phenoxy) is 2. The molecule has 0 aromatic heterocycles.